The van der Waals surface area contributed by atoms with Crippen molar-refractivity contribution in [2.45, 2.75) is 6.61 Å². The summed E-state index contributed by atoms with van der Waals surface area (Å²) < 4.78 is 11.0. The summed E-state index contributed by atoms with van der Waals surface area (Å²) >= 11 is 0. The molecule has 0 spiro atoms. The molecule has 5 nitrogen and oxygen atoms in total. The summed E-state index contributed by atoms with van der Waals surface area (Å²) in [6.45, 7) is 0.344. The zero-order chi connectivity index (χ0) is 15.1. The number of aliphatic carboxylic acids is 1. The monoisotopic (exact) mass is 285 g/mol. The Morgan fingerprint density at radius 2 is 2.05 bits per heavy atom. The van der Waals surface area contributed by atoms with Crippen molar-refractivity contribution < 1.29 is 19.4 Å². The van der Waals surface area contributed by atoms with Crippen molar-refractivity contribution >= 4 is 12.0 Å². The zero-order valence-electron chi connectivity index (χ0n) is 11.5. The number of carbonyl (C=O) groups is 1. The highest BCUT2D eigenvalue weighted by Gasteiger charge is 2.09. The fourth-order valence-electron chi connectivity index (χ4n) is 1.77. The number of carboxylic acids is 1. The third-order valence-electron chi connectivity index (χ3n) is 2.77. The summed E-state index contributed by atoms with van der Waals surface area (Å²) in [4.78, 5) is 14.6. The van der Waals surface area contributed by atoms with Crippen molar-refractivity contribution in [3.63, 3.8) is 0 Å². The number of aromatic nitrogens is 1. The molecule has 0 saturated heterocycles. The zero-order valence-corrected chi connectivity index (χ0v) is 11.5. The van der Waals surface area contributed by atoms with Gasteiger partial charge >= 0.3 is 5.97 Å². The second-order valence-corrected chi connectivity index (χ2v) is 4.19. The first-order valence-electron chi connectivity index (χ1n) is 6.30. The first-order chi connectivity index (χ1) is 10.2. The Kier molecular flexibility index (Phi) is 4.93. The SMILES string of the molecule is COc1cccc(C=CC(=O)O)c1OCc1ccncc1. The number of pyridine rings is 1. The van der Waals surface area contributed by atoms with Crippen LogP contribution in [0.3, 0.4) is 0 Å². The largest absolute Gasteiger partial charge is 0.493 e. The topological polar surface area (TPSA) is 68.7 Å². The highest BCUT2D eigenvalue weighted by Crippen LogP contribution is 2.32. The van der Waals surface area contributed by atoms with Gasteiger partial charge in [0.15, 0.2) is 11.5 Å². The Morgan fingerprint density at radius 3 is 2.71 bits per heavy atom. The van der Waals surface area contributed by atoms with Crippen LogP contribution in [-0.4, -0.2) is 23.2 Å². The molecule has 1 N–H and O–H groups in total. The van der Waals surface area contributed by atoms with Crippen molar-refractivity contribution in [2.24, 2.45) is 0 Å². The van der Waals surface area contributed by atoms with Crippen molar-refractivity contribution in [1.29, 1.82) is 0 Å². The Hall–Kier alpha value is -2.82. The lowest BCUT2D eigenvalue weighted by Crippen LogP contribution is -1.99. The number of hydrogen-bond donors (Lipinski definition) is 1. The molecule has 1 aromatic heterocycles. The van der Waals surface area contributed by atoms with Gasteiger partial charge in [0, 0.05) is 24.0 Å². The molecule has 2 aromatic rings. The minimum Gasteiger partial charge on any atom is -0.493 e. The van der Waals surface area contributed by atoms with E-state index in [4.69, 9.17) is 14.6 Å². The number of benzene rings is 1. The molecule has 0 radical (unpaired) electrons. The first kappa shape index (κ1) is 14.6. The summed E-state index contributed by atoms with van der Waals surface area (Å²) in [6, 6.07) is 9.01. The molecule has 0 atom stereocenters. The number of methoxy groups -OCH3 is 1. The summed E-state index contributed by atoms with van der Waals surface area (Å²) in [5.41, 5.74) is 1.61. The molecular formula is C16H15NO4. The molecule has 0 saturated carbocycles. The summed E-state index contributed by atoms with van der Waals surface area (Å²) in [5, 5.41) is 8.73. The van der Waals surface area contributed by atoms with Crippen LogP contribution in [0.5, 0.6) is 11.5 Å². The van der Waals surface area contributed by atoms with E-state index in [0.717, 1.165) is 11.6 Å². The molecule has 0 aliphatic heterocycles. The van der Waals surface area contributed by atoms with E-state index in [-0.39, 0.29) is 0 Å². The van der Waals surface area contributed by atoms with Crippen molar-refractivity contribution in [3.05, 3.63) is 59.9 Å². The van der Waals surface area contributed by atoms with E-state index in [9.17, 15) is 4.79 Å². The van der Waals surface area contributed by atoms with Gasteiger partial charge in [0.2, 0.25) is 0 Å². The molecule has 1 aromatic carbocycles. The van der Waals surface area contributed by atoms with Crippen molar-refractivity contribution in [2.75, 3.05) is 7.11 Å². The lowest BCUT2D eigenvalue weighted by Gasteiger charge is -2.13. The van der Waals surface area contributed by atoms with Gasteiger partial charge in [0.05, 0.1) is 7.11 Å². The van der Waals surface area contributed by atoms with Gasteiger partial charge in [-0.05, 0) is 29.8 Å². The molecule has 0 aliphatic rings. The second kappa shape index (κ2) is 7.09. The molecule has 21 heavy (non-hydrogen) atoms. The highest BCUT2D eigenvalue weighted by atomic mass is 16.5. The Morgan fingerprint density at radius 1 is 1.29 bits per heavy atom. The van der Waals surface area contributed by atoms with Crippen LogP contribution in [0.4, 0.5) is 0 Å². The minimum absolute atomic E-state index is 0.344. The summed E-state index contributed by atoms with van der Waals surface area (Å²) in [6.07, 6.45) is 5.92. The van der Waals surface area contributed by atoms with Crippen LogP contribution in [0.25, 0.3) is 6.08 Å². The molecule has 0 bridgehead atoms. The van der Waals surface area contributed by atoms with E-state index < -0.39 is 5.97 Å². The van der Waals surface area contributed by atoms with Crippen LogP contribution < -0.4 is 9.47 Å². The maximum Gasteiger partial charge on any atom is 0.328 e. The van der Waals surface area contributed by atoms with Crippen molar-refractivity contribution in [1.82, 2.24) is 4.98 Å². The van der Waals surface area contributed by atoms with Crippen LogP contribution in [-0.2, 0) is 11.4 Å². The van der Waals surface area contributed by atoms with Gasteiger partial charge in [-0.25, -0.2) is 4.79 Å². The van der Waals surface area contributed by atoms with Gasteiger partial charge in [0.25, 0.3) is 0 Å². The lowest BCUT2D eigenvalue weighted by molar-refractivity contribution is -0.131. The van der Waals surface area contributed by atoms with Crippen LogP contribution in [0.1, 0.15) is 11.1 Å². The van der Waals surface area contributed by atoms with Gasteiger partial charge < -0.3 is 14.6 Å². The summed E-state index contributed by atoms with van der Waals surface area (Å²) in [5.74, 6) is 0.0452. The quantitative estimate of drug-likeness (QED) is 0.826. The lowest BCUT2D eigenvalue weighted by atomic mass is 10.1. The van der Waals surface area contributed by atoms with Gasteiger partial charge in [-0.3, -0.25) is 4.98 Å². The van der Waals surface area contributed by atoms with Crippen LogP contribution in [0, 0.1) is 0 Å². The van der Waals surface area contributed by atoms with Crippen LogP contribution in [0.2, 0.25) is 0 Å². The number of nitrogens with zero attached hydrogens (tertiary/aromatic N) is 1. The predicted molar refractivity (Wildman–Crippen MR) is 78.2 cm³/mol. The van der Waals surface area contributed by atoms with Crippen LogP contribution >= 0.6 is 0 Å². The number of para-hydroxylation sites is 1. The standard InChI is InChI=1S/C16H15NO4/c1-20-14-4-2-3-13(5-6-15(18)19)16(14)21-11-12-7-9-17-10-8-12/h2-10H,11H2,1H3,(H,18,19). The first-order valence-corrected chi connectivity index (χ1v) is 6.30. The number of ether oxygens (including phenoxy) is 2. The molecule has 1 heterocycles. The van der Waals surface area contributed by atoms with Gasteiger partial charge in [-0.15, -0.1) is 0 Å². The molecule has 0 amide bonds. The average Bonchev–Trinajstić information content (AvgIpc) is 2.52. The van der Waals surface area contributed by atoms with E-state index in [2.05, 4.69) is 4.98 Å². The van der Waals surface area contributed by atoms with E-state index in [0.29, 0.717) is 23.7 Å². The normalized spacial score (nSPS) is 10.5. The Balaban J connectivity index is 2.25. The van der Waals surface area contributed by atoms with Gasteiger partial charge in [-0.1, -0.05) is 12.1 Å². The Labute approximate surface area is 122 Å². The maximum absolute atomic E-state index is 10.7. The maximum atomic E-state index is 10.7. The molecule has 0 fully saturated rings. The summed E-state index contributed by atoms with van der Waals surface area (Å²) in [7, 11) is 1.54. The smallest absolute Gasteiger partial charge is 0.328 e. The second-order valence-electron chi connectivity index (χ2n) is 4.19. The van der Waals surface area contributed by atoms with E-state index in [1.54, 1.807) is 37.7 Å². The molecule has 108 valence electrons. The third-order valence-corrected chi connectivity index (χ3v) is 2.77. The predicted octanol–water partition coefficient (Wildman–Crippen LogP) is 2.77. The van der Waals surface area contributed by atoms with Gasteiger partial charge in [0.1, 0.15) is 6.61 Å². The fraction of sp³-hybridized carbons (Fsp3) is 0.125. The molecule has 0 unspecified atom stereocenters. The van der Waals surface area contributed by atoms with Gasteiger partial charge in [-0.2, -0.15) is 0 Å². The number of carboxylic acid groups (broad SMARTS) is 1. The van der Waals surface area contributed by atoms with E-state index in [1.165, 1.54) is 6.08 Å². The number of hydrogen-bond acceptors (Lipinski definition) is 4. The molecule has 5 heteroatoms. The number of rotatable bonds is 6. The Bertz CT molecular complexity index is 638. The molecular weight excluding hydrogens is 270 g/mol. The fourth-order valence-corrected chi connectivity index (χ4v) is 1.77. The molecule has 0 aliphatic carbocycles. The third kappa shape index (κ3) is 4.07. The van der Waals surface area contributed by atoms with Crippen LogP contribution in [0.15, 0.2) is 48.8 Å². The molecule has 2 rings (SSSR count). The highest BCUT2D eigenvalue weighted by molar-refractivity contribution is 5.86. The minimum atomic E-state index is -1.02. The van der Waals surface area contributed by atoms with Crippen molar-refractivity contribution in [3.8, 4) is 11.5 Å². The average molecular weight is 285 g/mol. The van der Waals surface area contributed by atoms with E-state index in [1.807, 2.05) is 12.1 Å². The van der Waals surface area contributed by atoms with E-state index >= 15 is 0 Å².